The first-order chi connectivity index (χ1) is 12.8. The van der Waals surface area contributed by atoms with Crippen LogP contribution < -0.4 is 10.1 Å². The lowest BCUT2D eigenvalue weighted by Crippen LogP contribution is -2.34. The van der Waals surface area contributed by atoms with Crippen molar-refractivity contribution in [2.24, 2.45) is 0 Å². The molecule has 138 valence electrons. The molecule has 0 spiro atoms. The second-order valence-electron chi connectivity index (χ2n) is 7.75. The summed E-state index contributed by atoms with van der Waals surface area (Å²) in [6.07, 6.45) is 3.29. The quantitative estimate of drug-likeness (QED) is 0.390. The van der Waals surface area contributed by atoms with Crippen LogP contribution >= 0.6 is 22.6 Å². The molecule has 2 N–H and O–H groups in total. The predicted molar refractivity (Wildman–Crippen MR) is 116 cm³/mol. The molecule has 1 aromatic heterocycles. The van der Waals surface area contributed by atoms with Crippen molar-refractivity contribution >= 4 is 39.3 Å². The third-order valence-electron chi connectivity index (χ3n) is 4.54. The molecule has 0 aliphatic carbocycles. The van der Waals surface area contributed by atoms with Gasteiger partial charge in [0.1, 0.15) is 5.75 Å². The summed E-state index contributed by atoms with van der Waals surface area (Å²) in [5.74, 6) is 0.624. The van der Waals surface area contributed by atoms with E-state index in [1.165, 1.54) is 0 Å². The molecule has 4 rings (SSSR count). The molecule has 0 amide bonds. The van der Waals surface area contributed by atoms with Crippen LogP contribution in [0.3, 0.4) is 0 Å². The molecular formula is C22H21IN2O2. The van der Waals surface area contributed by atoms with Crippen LogP contribution in [-0.4, -0.2) is 16.3 Å². The van der Waals surface area contributed by atoms with Crippen LogP contribution in [0.15, 0.2) is 60.4 Å². The molecule has 3 aromatic rings. The Balaban J connectivity index is 1.87. The molecular weight excluding hydrogens is 451 g/mol. The topological polar surface area (TPSA) is 54.1 Å². The fourth-order valence-electron chi connectivity index (χ4n) is 3.22. The number of aromatic nitrogens is 1. The number of carbonyl (C=O) groups is 1. The highest BCUT2D eigenvalue weighted by Gasteiger charge is 2.34. The number of halogens is 1. The van der Waals surface area contributed by atoms with Gasteiger partial charge in [-0.05, 0) is 73.7 Å². The molecule has 0 saturated carbocycles. The fraction of sp³-hybridized carbons (Fsp3) is 0.227. The summed E-state index contributed by atoms with van der Waals surface area (Å²) in [7, 11) is 0. The molecule has 4 nitrogen and oxygen atoms in total. The number of para-hydroxylation sites is 1. The zero-order chi connectivity index (χ0) is 19.2. The number of ether oxygens (including phenoxy) is 1. The van der Waals surface area contributed by atoms with Crippen LogP contribution in [0.25, 0.3) is 10.9 Å². The average Bonchev–Trinajstić information content (AvgIpc) is 3.03. The van der Waals surface area contributed by atoms with Gasteiger partial charge in [-0.15, -0.1) is 0 Å². The van der Waals surface area contributed by atoms with E-state index in [1.54, 1.807) is 0 Å². The zero-order valence-corrected chi connectivity index (χ0v) is 17.6. The van der Waals surface area contributed by atoms with Crippen molar-refractivity contribution in [3.05, 3.63) is 75.1 Å². The Morgan fingerprint density at radius 1 is 1.19 bits per heavy atom. The number of benzene rings is 2. The van der Waals surface area contributed by atoms with Gasteiger partial charge in [-0.3, -0.25) is 4.79 Å². The summed E-state index contributed by atoms with van der Waals surface area (Å²) in [4.78, 5) is 16.5. The van der Waals surface area contributed by atoms with Gasteiger partial charge in [0.2, 0.25) is 0 Å². The number of H-pyrrole nitrogens is 1. The minimum Gasteiger partial charge on any atom is -0.480 e. The molecule has 0 fully saturated rings. The van der Waals surface area contributed by atoms with Crippen molar-refractivity contribution in [2.45, 2.75) is 32.4 Å². The largest absolute Gasteiger partial charge is 0.480 e. The molecule has 1 atom stereocenters. The van der Waals surface area contributed by atoms with Crippen molar-refractivity contribution in [3.8, 4) is 5.75 Å². The maximum absolute atomic E-state index is 13.2. The lowest BCUT2D eigenvalue weighted by Gasteiger charge is -2.29. The summed E-state index contributed by atoms with van der Waals surface area (Å²) >= 11 is 2.30. The van der Waals surface area contributed by atoms with Crippen molar-refractivity contribution in [2.75, 3.05) is 0 Å². The maximum Gasteiger partial charge on any atom is 0.198 e. The smallest absolute Gasteiger partial charge is 0.198 e. The summed E-state index contributed by atoms with van der Waals surface area (Å²) in [6.45, 7) is 6.19. The first-order valence-corrected chi connectivity index (χ1v) is 9.96. The van der Waals surface area contributed by atoms with Gasteiger partial charge >= 0.3 is 0 Å². The van der Waals surface area contributed by atoms with E-state index in [2.05, 4.69) is 71.9 Å². The van der Waals surface area contributed by atoms with Gasteiger partial charge in [-0.1, -0.05) is 12.1 Å². The van der Waals surface area contributed by atoms with Gasteiger partial charge < -0.3 is 15.0 Å². The molecule has 2 heterocycles. The van der Waals surface area contributed by atoms with Gasteiger partial charge in [0.15, 0.2) is 11.9 Å². The van der Waals surface area contributed by atoms with Gasteiger partial charge in [0.25, 0.3) is 0 Å². The Morgan fingerprint density at radius 3 is 2.74 bits per heavy atom. The van der Waals surface area contributed by atoms with Crippen LogP contribution in [0.5, 0.6) is 5.75 Å². The van der Waals surface area contributed by atoms with Crippen LogP contribution in [0.2, 0.25) is 0 Å². The minimum atomic E-state index is -0.464. The summed E-state index contributed by atoms with van der Waals surface area (Å²) in [5.41, 5.74) is 3.06. The fourth-order valence-corrected chi connectivity index (χ4v) is 3.71. The predicted octanol–water partition coefficient (Wildman–Crippen LogP) is 5.36. The van der Waals surface area contributed by atoms with E-state index in [-0.39, 0.29) is 11.3 Å². The standard InChI is InChI=1S/C22H21IN2O2/c1-22(2,3)25-12-17-20(26)14-6-4-5-7-19(14)27-21(17)16-11-24-18-9-8-13(23)10-15(16)18/h4-12,21,24-25H,1-3H3. The van der Waals surface area contributed by atoms with E-state index in [9.17, 15) is 4.79 Å². The number of aromatic amines is 1. The van der Waals surface area contributed by atoms with Crippen molar-refractivity contribution < 1.29 is 9.53 Å². The van der Waals surface area contributed by atoms with Gasteiger partial charge in [0.05, 0.1) is 11.1 Å². The van der Waals surface area contributed by atoms with E-state index < -0.39 is 6.10 Å². The maximum atomic E-state index is 13.2. The third-order valence-corrected chi connectivity index (χ3v) is 5.21. The molecule has 0 radical (unpaired) electrons. The Bertz CT molecular complexity index is 1060. The third kappa shape index (κ3) is 3.48. The van der Waals surface area contributed by atoms with E-state index >= 15 is 0 Å². The van der Waals surface area contributed by atoms with Crippen molar-refractivity contribution in [1.29, 1.82) is 0 Å². The molecule has 5 heteroatoms. The number of carbonyl (C=O) groups excluding carboxylic acids is 1. The highest BCUT2D eigenvalue weighted by Crippen LogP contribution is 2.40. The number of ketones is 1. The average molecular weight is 472 g/mol. The SMILES string of the molecule is CC(C)(C)NC=C1C(=O)c2ccccc2OC1c1c[nH]c2ccc(I)cc12. The molecule has 1 unspecified atom stereocenters. The Kier molecular flexibility index (Phi) is 4.50. The first-order valence-electron chi connectivity index (χ1n) is 8.88. The molecule has 1 aliphatic rings. The number of rotatable bonds is 2. The van der Waals surface area contributed by atoms with E-state index in [4.69, 9.17) is 4.74 Å². The normalized spacial score (nSPS) is 18.4. The highest BCUT2D eigenvalue weighted by molar-refractivity contribution is 14.1. The summed E-state index contributed by atoms with van der Waals surface area (Å²) < 4.78 is 7.46. The van der Waals surface area contributed by atoms with E-state index in [0.717, 1.165) is 20.0 Å². The highest BCUT2D eigenvalue weighted by atomic mass is 127. The second-order valence-corrected chi connectivity index (χ2v) is 9.00. The van der Waals surface area contributed by atoms with Crippen LogP contribution in [0.1, 0.15) is 42.8 Å². The number of hydrogen-bond acceptors (Lipinski definition) is 3. The molecule has 0 bridgehead atoms. The summed E-state index contributed by atoms with van der Waals surface area (Å²) in [5, 5.41) is 4.40. The minimum absolute atomic E-state index is 0.00132. The first kappa shape index (κ1) is 18.1. The number of hydrogen-bond donors (Lipinski definition) is 2. The lowest BCUT2D eigenvalue weighted by molar-refractivity contribution is 0.0960. The molecule has 2 aromatic carbocycles. The zero-order valence-electron chi connectivity index (χ0n) is 15.5. The van der Waals surface area contributed by atoms with E-state index in [0.29, 0.717) is 16.9 Å². The number of Topliss-reactive ketones (excluding diaryl/α,β-unsaturated/α-hetero) is 1. The Hall–Kier alpha value is -2.28. The van der Waals surface area contributed by atoms with Gasteiger partial charge in [-0.25, -0.2) is 0 Å². The second kappa shape index (κ2) is 6.71. The Morgan fingerprint density at radius 2 is 1.96 bits per heavy atom. The monoisotopic (exact) mass is 472 g/mol. The van der Waals surface area contributed by atoms with Gasteiger partial charge in [-0.2, -0.15) is 0 Å². The Labute approximate surface area is 172 Å². The lowest BCUT2D eigenvalue weighted by atomic mass is 9.91. The van der Waals surface area contributed by atoms with Crippen molar-refractivity contribution in [1.82, 2.24) is 10.3 Å². The molecule has 1 aliphatic heterocycles. The summed E-state index contributed by atoms with van der Waals surface area (Å²) in [6, 6.07) is 13.7. The van der Waals surface area contributed by atoms with Crippen LogP contribution in [0.4, 0.5) is 0 Å². The van der Waals surface area contributed by atoms with Gasteiger partial charge in [0, 0.05) is 38.0 Å². The van der Waals surface area contributed by atoms with Crippen LogP contribution in [0, 0.1) is 3.57 Å². The number of fused-ring (bicyclic) bond motifs is 2. The molecule has 27 heavy (non-hydrogen) atoms. The van der Waals surface area contributed by atoms with Crippen molar-refractivity contribution in [3.63, 3.8) is 0 Å². The van der Waals surface area contributed by atoms with Crippen LogP contribution in [-0.2, 0) is 0 Å². The molecule has 0 saturated heterocycles. The number of nitrogens with one attached hydrogen (secondary N) is 2. The van der Waals surface area contributed by atoms with E-state index in [1.807, 2.05) is 36.7 Å².